The first-order valence-electron chi connectivity index (χ1n) is 8.72. The first kappa shape index (κ1) is 20.4. The summed E-state index contributed by atoms with van der Waals surface area (Å²) in [5.74, 6) is -0.412. The number of carbonyl (C=O) groups excluding carboxylic acids is 2. The van der Waals surface area contributed by atoms with Crippen LogP contribution in [0.5, 0.6) is 0 Å². The monoisotopic (exact) mass is 465 g/mol. The Kier molecular flexibility index (Phi) is 8.09. The van der Waals surface area contributed by atoms with Crippen molar-refractivity contribution in [1.29, 1.82) is 0 Å². The van der Waals surface area contributed by atoms with E-state index in [0.29, 0.717) is 17.7 Å². The molecule has 4 nitrogen and oxygen atoms in total. The van der Waals surface area contributed by atoms with Crippen LogP contribution < -0.4 is 5.32 Å². The van der Waals surface area contributed by atoms with Crippen molar-refractivity contribution >= 4 is 34.5 Å². The van der Waals surface area contributed by atoms with Crippen LogP contribution in [0.15, 0.2) is 48.5 Å². The van der Waals surface area contributed by atoms with Gasteiger partial charge in [0.1, 0.15) is 0 Å². The van der Waals surface area contributed by atoms with Crippen LogP contribution in [-0.4, -0.2) is 25.0 Å². The van der Waals surface area contributed by atoms with Gasteiger partial charge in [-0.1, -0.05) is 60.7 Å². The van der Waals surface area contributed by atoms with Gasteiger partial charge in [-0.25, -0.2) is 4.79 Å². The molecule has 138 valence electrons. The topological polar surface area (TPSA) is 55.4 Å². The largest absolute Gasteiger partial charge is 0.462 e. The number of aryl methyl sites for hydroxylation is 1. The Morgan fingerprint density at radius 3 is 2.15 bits per heavy atom. The maximum atomic E-state index is 12.1. The second-order valence-corrected chi connectivity index (χ2v) is 7.06. The van der Waals surface area contributed by atoms with Crippen molar-refractivity contribution in [3.05, 3.63) is 70.8 Å². The molecule has 0 aliphatic rings. The third kappa shape index (κ3) is 6.12. The predicted molar refractivity (Wildman–Crippen MR) is 112 cm³/mol. The van der Waals surface area contributed by atoms with E-state index < -0.39 is 0 Å². The second-order valence-electron chi connectivity index (χ2n) is 6.29. The minimum Gasteiger partial charge on any atom is -0.462 e. The minimum absolute atomic E-state index is 0.0337. The number of esters is 1. The van der Waals surface area contributed by atoms with E-state index in [1.54, 1.807) is 12.1 Å². The van der Waals surface area contributed by atoms with Crippen LogP contribution in [0.2, 0.25) is 0 Å². The van der Waals surface area contributed by atoms with E-state index in [-0.39, 0.29) is 24.4 Å². The Bertz CT molecular complexity index is 662. The van der Waals surface area contributed by atoms with Crippen molar-refractivity contribution < 1.29 is 14.3 Å². The Morgan fingerprint density at radius 2 is 1.58 bits per heavy atom. The zero-order valence-electron chi connectivity index (χ0n) is 15.1. The van der Waals surface area contributed by atoms with E-state index in [1.807, 2.05) is 43.3 Å². The van der Waals surface area contributed by atoms with E-state index in [1.165, 1.54) is 11.1 Å². The number of ether oxygens (including phenoxy) is 1. The van der Waals surface area contributed by atoms with Crippen molar-refractivity contribution in [2.45, 2.75) is 24.7 Å². The van der Waals surface area contributed by atoms with Crippen LogP contribution in [0.3, 0.4) is 0 Å². The van der Waals surface area contributed by atoms with Gasteiger partial charge in [-0.05, 0) is 41.8 Å². The molecule has 0 aliphatic heterocycles. The minimum atomic E-state index is -0.333. The predicted octanol–water partition coefficient (Wildman–Crippen LogP) is 4.41. The van der Waals surface area contributed by atoms with Gasteiger partial charge in [-0.3, -0.25) is 4.79 Å². The third-order valence-corrected chi connectivity index (χ3v) is 4.96. The van der Waals surface area contributed by atoms with E-state index >= 15 is 0 Å². The van der Waals surface area contributed by atoms with Crippen LogP contribution in [0.25, 0.3) is 0 Å². The van der Waals surface area contributed by atoms with Gasteiger partial charge in [0.25, 0.3) is 5.91 Å². The van der Waals surface area contributed by atoms with Gasteiger partial charge in [0.2, 0.25) is 0 Å². The highest BCUT2D eigenvalue weighted by atomic mass is 127. The molecule has 0 aliphatic carbocycles. The zero-order valence-corrected chi connectivity index (χ0v) is 17.3. The molecule has 0 saturated carbocycles. The fourth-order valence-electron chi connectivity index (χ4n) is 2.35. The molecule has 0 aromatic heterocycles. The lowest BCUT2D eigenvalue weighted by Crippen LogP contribution is -2.30. The summed E-state index contributed by atoms with van der Waals surface area (Å²) < 4.78 is 6.26. The summed E-state index contributed by atoms with van der Waals surface area (Å²) in [6, 6.07) is 15.0. The number of alkyl halides is 1. The highest BCUT2D eigenvalue weighted by Crippen LogP contribution is 2.09. The number of hydrogen-bond donors (Lipinski definition) is 1. The van der Waals surface area contributed by atoms with Crippen LogP contribution in [0, 0.1) is 5.92 Å². The van der Waals surface area contributed by atoms with Crippen molar-refractivity contribution in [1.82, 2.24) is 5.32 Å². The molecule has 1 amide bonds. The summed E-state index contributed by atoms with van der Waals surface area (Å²) in [4.78, 5) is 24.2. The number of benzene rings is 2. The van der Waals surface area contributed by atoms with E-state index in [0.717, 1.165) is 10.8 Å². The molecule has 0 saturated heterocycles. The first-order valence-corrected chi connectivity index (χ1v) is 10.2. The highest BCUT2D eigenvalue weighted by molar-refractivity contribution is 14.1. The molecule has 26 heavy (non-hydrogen) atoms. The Hall–Kier alpha value is -1.89. The molecular weight excluding hydrogens is 441 g/mol. The summed E-state index contributed by atoms with van der Waals surface area (Å²) in [5, 5.41) is 2.88. The SMILES string of the molecule is CCc1ccc(C(=O)OCC(C)CNC(=O)c2ccc(CI)cc2)cc1. The smallest absolute Gasteiger partial charge is 0.338 e. The van der Waals surface area contributed by atoms with Gasteiger partial charge in [-0.15, -0.1) is 0 Å². The van der Waals surface area contributed by atoms with Crippen LogP contribution >= 0.6 is 22.6 Å². The van der Waals surface area contributed by atoms with Gasteiger partial charge < -0.3 is 10.1 Å². The van der Waals surface area contributed by atoms with Crippen molar-refractivity contribution in [3.8, 4) is 0 Å². The highest BCUT2D eigenvalue weighted by Gasteiger charge is 2.12. The molecule has 1 N–H and O–H groups in total. The average molecular weight is 465 g/mol. The third-order valence-electron chi connectivity index (χ3n) is 4.08. The Labute approximate surface area is 168 Å². The molecule has 2 aromatic carbocycles. The molecule has 1 atom stereocenters. The number of amides is 1. The van der Waals surface area contributed by atoms with Crippen LogP contribution in [0.4, 0.5) is 0 Å². The molecule has 0 heterocycles. The normalized spacial score (nSPS) is 11.7. The van der Waals surface area contributed by atoms with Crippen LogP contribution in [-0.2, 0) is 15.6 Å². The van der Waals surface area contributed by atoms with Gasteiger partial charge >= 0.3 is 5.97 Å². The van der Waals surface area contributed by atoms with E-state index in [2.05, 4.69) is 34.8 Å². The van der Waals surface area contributed by atoms with Gasteiger partial charge in [0.15, 0.2) is 0 Å². The maximum absolute atomic E-state index is 12.1. The molecule has 0 fully saturated rings. The van der Waals surface area contributed by atoms with Gasteiger partial charge in [0, 0.05) is 22.5 Å². The molecule has 2 rings (SSSR count). The van der Waals surface area contributed by atoms with Crippen LogP contribution in [0.1, 0.15) is 45.7 Å². The fourth-order valence-corrected chi connectivity index (χ4v) is 2.86. The second kappa shape index (κ2) is 10.3. The number of hydrogen-bond acceptors (Lipinski definition) is 3. The Morgan fingerprint density at radius 1 is 1.00 bits per heavy atom. The summed E-state index contributed by atoms with van der Waals surface area (Å²) in [6.45, 7) is 4.73. The summed E-state index contributed by atoms with van der Waals surface area (Å²) >= 11 is 2.29. The van der Waals surface area contributed by atoms with E-state index in [4.69, 9.17) is 4.74 Å². The summed E-state index contributed by atoms with van der Waals surface area (Å²) in [6.07, 6.45) is 0.937. The number of rotatable bonds is 8. The Balaban J connectivity index is 1.76. The average Bonchev–Trinajstić information content (AvgIpc) is 2.70. The van der Waals surface area contributed by atoms with E-state index in [9.17, 15) is 9.59 Å². The van der Waals surface area contributed by atoms with Gasteiger partial charge in [0.05, 0.1) is 12.2 Å². The van der Waals surface area contributed by atoms with Crippen molar-refractivity contribution in [2.24, 2.45) is 5.92 Å². The summed E-state index contributed by atoms with van der Waals surface area (Å²) in [5.41, 5.74) is 3.56. The lowest BCUT2D eigenvalue weighted by atomic mass is 10.1. The number of nitrogens with one attached hydrogen (secondary N) is 1. The first-order chi connectivity index (χ1) is 12.5. The number of carbonyl (C=O) groups is 2. The molecule has 5 heteroatoms. The van der Waals surface area contributed by atoms with Crippen molar-refractivity contribution in [2.75, 3.05) is 13.2 Å². The summed E-state index contributed by atoms with van der Waals surface area (Å²) in [7, 11) is 0. The maximum Gasteiger partial charge on any atom is 0.338 e. The molecular formula is C21H24INO3. The molecule has 1 unspecified atom stereocenters. The molecule has 2 aromatic rings. The molecule has 0 bridgehead atoms. The fraction of sp³-hybridized carbons (Fsp3) is 0.333. The zero-order chi connectivity index (χ0) is 18.9. The van der Waals surface area contributed by atoms with Crippen molar-refractivity contribution in [3.63, 3.8) is 0 Å². The number of halogens is 1. The standard InChI is InChI=1S/C21H24INO3/c1-3-16-4-10-19(11-5-16)21(25)26-14-15(2)13-23-20(24)18-8-6-17(12-22)7-9-18/h4-11,15H,3,12-14H2,1-2H3,(H,23,24). The quantitative estimate of drug-likeness (QED) is 0.357. The molecule has 0 radical (unpaired) electrons. The molecule has 0 spiro atoms. The van der Waals surface area contributed by atoms with Gasteiger partial charge in [-0.2, -0.15) is 0 Å². The lowest BCUT2D eigenvalue weighted by molar-refractivity contribution is 0.0449. The lowest BCUT2D eigenvalue weighted by Gasteiger charge is -2.13.